The van der Waals surface area contributed by atoms with Crippen LogP contribution in [0.2, 0.25) is 5.02 Å². The van der Waals surface area contributed by atoms with E-state index in [0.29, 0.717) is 6.04 Å². The molecule has 1 fully saturated rings. The molecule has 2 aromatic rings. The van der Waals surface area contributed by atoms with Gasteiger partial charge in [-0.3, -0.25) is 0 Å². The minimum absolute atomic E-state index is 0.681. The van der Waals surface area contributed by atoms with Crippen molar-refractivity contribution in [2.45, 2.75) is 38.9 Å². The first kappa shape index (κ1) is 14.9. The van der Waals surface area contributed by atoms with Gasteiger partial charge in [-0.25, -0.2) is 0 Å². The molecule has 0 amide bonds. The maximum Gasteiger partial charge on any atom is 0.0471 e. The molecule has 0 saturated heterocycles. The zero-order valence-corrected chi connectivity index (χ0v) is 13.9. The van der Waals surface area contributed by atoms with Crippen molar-refractivity contribution in [3.63, 3.8) is 0 Å². The lowest BCUT2D eigenvalue weighted by Gasteiger charge is -2.25. The smallest absolute Gasteiger partial charge is 0.0471 e. The molecule has 1 N–H and O–H groups in total. The minimum Gasteiger partial charge on any atom is -0.364 e. The van der Waals surface area contributed by atoms with Crippen molar-refractivity contribution in [2.24, 2.45) is 0 Å². The van der Waals surface area contributed by atoms with Crippen molar-refractivity contribution in [3.05, 3.63) is 51.2 Å². The van der Waals surface area contributed by atoms with Crippen LogP contribution in [0.15, 0.2) is 35.0 Å². The molecule has 0 radical (unpaired) electrons. The summed E-state index contributed by atoms with van der Waals surface area (Å²) >= 11 is 8.21. The quantitative estimate of drug-likeness (QED) is 0.797. The van der Waals surface area contributed by atoms with Gasteiger partial charge in [0.1, 0.15) is 0 Å². The number of halogens is 1. The van der Waals surface area contributed by atoms with E-state index >= 15 is 0 Å². The van der Waals surface area contributed by atoms with E-state index < -0.39 is 0 Å². The molecule has 0 atom stereocenters. The van der Waals surface area contributed by atoms with Gasteiger partial charge in [0, 0.05) is 29.8 Å². The maximum atomic E-state index is 6.45. The first-order valence-electron chi connectivity index (χ1n) is 7.54. The summed E-state index contributed by atoms with van der Waals surface area (Å²) in [5.74, 6) is 0. The fourth-order valence-corrected chi connectivity index (χ4v) is 3.42. The molecule has 0 spiro atoms. The Morgan fingerprint density at radius 3 is 2.81 bits per heavy atom. The highest BCUT2D eigenvalue weighted by Gasteiger charge is 2.29. The van der Waals surface area contributed by atoms with Crippen molar-refractivity contribution in [2.75, 3.05) is 11.4 Å². The van der Waals surface area contributed by atoms with Crippen LogP contribution in [0.1, 0.15) is 30.9 Å². The van der Waals surface area contributed by atoms with Crippen LogP contribution in [0.3, 0.4) is 0 Å². The zero-order valence-electron chi connectivity index (χ0n) is 12.3. The van der Waals surface area contributed by atoms with Gasteiger partial charge in [-0.15, -0.1) is 0 Å². The topological polar surface area (TPSA) is 15.3 Å². The normalized spacial score (nSPS) is 14.4. The van der Waals surface area contributed by atoms with Crippen molar-refractivity contribution >= 4 is 28.6 Å². The van der Waals surface area contributed by atoms with Crippen LogP contribution in [0.4, 0.5) is 5.69 Å². The van der Waals surface area contributed by atoms with Crippen LogP contribution in [0.5, 0.6) is 0 Å². The Hall–Kier alpha value is -1.03. The number of rotatable bonds is 7. The number of thiophene rings is 1. The summed E-state index contributed by atoms with van der Waals surface area (Å²) in [6.45, 7) is 4.89. The van der Waals surface area contributed by atoms with E-state index in [0.717, 1.165) is 24.7 Å². The molecule has 4 heteroatoms. The Labute approximate surface area is 135 Å². The number of nitrogens with one attached hydrogen (secondary N) is 1. The molecule has 0 bridgehead atoms. The summed E-state index contributed by atoms with van der Waals surface area (Å²) < 4.78 is 0. The molecule has 0 unspecified atom stereocenters. The molecule has 1 aliphatic carbocycles. The fraction of sp³-hybridized carbons (Fsp3) is 0.412. The molecule has 3 rings (SSSR count). The number of hydrogen-bond donors (Lipinski definition) is 1. The van der Waals surface area contributed by atoms with Gasteiger partial charge in [-0.05, 0) is 59.5 Å². The number of nitrogens with zero attached hydrogens (tertiary/aromatic N) is 1. The summed E-state index contributed by atoms with van der Waals surface area (Å²) in [4.78, 5) is 2.49. The average Bonchev–Trinajstić information content (AvgIpc) is 3.20. The third-order valence-corrected chi connectivity index (χ3v) is 4.94. The summed E-state index contributed by atoms with van der Waals surface area (Å²) in [6.07, 6.45) is 2.59. The fourth-order valence-electron chi connectivity index (χ4n) is 2.51. The third kappa shape index (κ3) is 3.79. The lowest BCUT2D eigenvalue weighted by molar-refractivity contribution is 0.726. The lowest BCUT2D eigenvalue weighted by Crippen LogP contribution is -2.24. The third-order valence-electron chi connectivity index (χ3n) is 3.85. The van der Waals surface area contributed by atoms with Crippen LogP contribution in [-0.2, 0) is 13.1 Å². The van der Waals surface area contributed by atoms with Gasteiger partial charge in [-0.2, -0.15) is 11.3 Å². The van der Waals surface area contributed by atoms with Gasteiger partial charge >= 0.3 is 0 Å². The van der Waals surface area contributed by atoms with Gasteiger partial charge < -0.3 is 10.2 Å². The van der Waals surface area contributed by atoms with Gasteiger partial charge in [-0.1, -0.05) is 24.6 Å². The summed E-state index contributed by atoms with van der Waals surface area (Å²) in [5.41, 5.74) is 3.81. The highest BCUT2D eigenvalue weighted by molar-refractivity contribution is 7.07. The van der Waals surface area contributed by atoms with E-state index in [-0.39, 0.29) is 0 Å². The minimum atomic E-state index is 0.681. The monoisotopic (exact) mass is 320 g/mol. The van der Waals surface area contributed by atoms with E-state index in [1.807, 2.05) is 0 Å². The van der Waals surface area contributed by atoms with Gasteiger partial charge in [0.2, 0.25) is 0 Å². The number of benzene rings is 1. The Morgan fingerprint density at radius 2 is 2.19 bits per heavy atom. The SMILES string of the molecule is CCNCc1ccc(N(Cc2ccsc2)C2CC2)cc1Cl. The molecular formula is C17H21ClN2S. The molecule has 1 aromatic carbocycles. The van der Waals surface area contributed by atoms with Gasteiger partial charge in [0.05, 0.1) is 0 Å². The van der Waals surface area contributed by atoms with E-state index in [9.17, 15) is 0 Å². The largest absolute Gasteiger partial charge is 0.364 e. The predicted octanol–water partition coefficient (Wildman–Crippen LogP) is 4.68. The molecule has 1 heterocycles. The number of anilines is 1. The van der Waals surface area contributed by atoms with Gasteiger partial charge in [0.25, 0.3) is 0 Å². The second kappa shape index (κ2) is 6.82. The van der Waals surface area contributed by atoms with E-state index in [4.69, 9.17) is 11.6 Å². The van der Waals surface area contributed by atoms with Crippen molar-refractivity contribution in [1.82, 2.24) is 5.32 Å². The molecule has 1 saturated carbocycles. The zero-order chi connectivity index (χ0) is 14.7. The highest BCUT2D eigenvalue weighted by Crippen LogP contribution is 2.35. The second-order valence-electron chi connectivity index (χ2n) is 5.55. The van der Waals surface area contributed by atoms with E-state index in [1.54, 1.807) is 11.3 Å². The first-order chi connectivity index (χ1) is 10.3. The van der Waals surface area contributed by atoms with Gasteiger partial charge in [0.15, 0.2) is 0 Å². The van der Waals surface area contributed by atoms with Crippen LogP contribution < -0.4 is 10.2 Å². The standard InChI is InChI=1S/C17H21ClN2S/c1-2-19-10-14-3-4-16(9-17(14)18)20(15-5-6-15)11-13-7-8-21-12-13/h3-4,7-9,12,15,19H,2,5-6,10-11H2,1H3. The van der Waals surface area contributed by atoms with Crippen LogP contribution in [0.25, 0.3) is 0 Å². The van der Waals surface area contributed by atoms with Crippen LogP contribution >= 0.6 is 22.9 Å². The predicted molar refractivity (Wildman–Crippen MR) is 92.4 cm³/mol. The van der Waals surface area contributed by atoms with E-state index in [2.05, 4.69) is 52.2 Å². The maximum absolute atomic E-state index is 6.45. The highest BCUT2D eigenvalue weighted by atomic mass is 35.5. The molecular weight excluding hydrogens is 300 g/mol. The summed E-state index contributed by atoms with van der Waals surface area (Å²) in [7, 11) is 0. The van der Waals surface area contributed by atoms with Crippen molar-refractivity contribution < 1.29 is 0 Å². The summed E-state index contributed by atoms with van der Waals surface area (Å²) in [6, 6.07) is 9.38. The Kier molecular flexibility index (Phi) is 4.84. The van der Waals surface area contributed by atoms with Crippen molar-refractivity contribution in [3.8, 4) is 0 Å². The summed E-state index contributed by atoms with van der Waals surface area (Å²) in [5, 5.41) is 8.57. The first-order valence-corrected chi connectivity index (χ1v) is 8.87. The van der Waals surface area contributed by atoms with E-state index in [1.165, 1.54) is 29.7 Å². The Morgan fingerprint density at radius 1 is 1.33 bits per heavy atom. The Bertz CT molecular complexity index is 578. The Balaban J connectivity index is 1.77. The molecule has 2 nitrogen and oxygen atoms in total. The molecule has 21 heavy (non-hydrogen) atoms. The molecule has 1 aliphatic rings. The second-order valence-corrected chi connectivity index (χ2v) is 6.73. The van der Waals surface area contributed by atoms with Crippen LogP contribution in [-0.4, -0.2) is 12.6 Å². The van der Waals surface area contributed by atoms with Crippen LogP contribution in [0, 0.1) is 0 Å². The molecule has 0 aliphatic heterocycles. The molecule has 112 valence electrons. The lowest BCUT2D eigenvalue weighted by atomic mass is 10.1. The van der Waals surface area contributed by atoms with Crippen molar-refractivity contribution in [1.29, 1.82) is 0 Å². The molecule has 1 aromatic heterocycles. The number of hydrogen-bond acceptors (Lipinski definition) is 3. The average molecular weight is 321 g/mol.